The zero-order valence-electron chi connectivity index (χ0n) is 10.5. The van der Waals surface area contributed by atoms with Crippen LogP contribution >= 0.6 is 0 Å². The van der Waals surface area contributed by atoms with Crippen molar-refractivity contribution in [2.45, 2.75) is 31.6 Å². The number of rotatable bonds is 6. The number of hydrogen-bond donors (Lipinski definition) is 1. The van der Waals surface area contributed by atoms with Gasteiger partial charge in [0.15, 0.2) is 0 Å². The molecule has 0 aliphatic heterocycles. The first-order chi connectivity index (χ1) is 8.05. The standard InChI is InChI=1S/C12H19NO3S/c1-4-8-13-17(14,15)11-6-7-12(16-3)10(5-2)9-11/h6-7,9,13H,4-5,8H2,1-3H3. The van der Waals surface area contributed by atoms with E-state index in [0.29, 0.717) is 11.4 Å². The predicted molar refractivity (Wildman–Crippen MR) is 67.9 cm³/mol. The zero-order valence-corrected chi connectivity index (χ0v) is 11.3. The third-order valence-corrected chi connectivity index (χ3v) is 3.94. The molecule has 0 unspecified atom stereocenters. The van der Waals surface area contributed by atoms with Crippen molar-refractivity contribution in [3.8, 4) is 5.75 Å². The van der Waals surface area contributed by atoms with Crippen LogP contribution in [0, 0.1) is 0 Å². The van der Waals surface area contributed by atoms with Gasteiger partial charge in [0.25, 0.3) is 0 Å². The first kappa shape index (κ1) is 14.0. The number of ether oxygens (including phenoxy) is 1. The number of methoxy groups -OCH3 is 1. The van der Waals surface area contributed by atoms with Gasteiger partial charge in [-0.25, -0.2) is 13.1 Å². The fourth-order valence-corrected chi connectivity index (χ4v) is 2.70. The summed E-state index contributed by atoms with van der Waals surface area (Å²) in [4.78, 5) is 0.295. The quantitative estimate of drug-likeness (QED) is 0.847. The highest BCUT2D eigenvalue weighted by Gasteiger charge is 2.14. The van der Waals surface area contributed by atoms with E-state index in [0.717, 1.165) is 24.2 Å². The molecule has 4 nitrogen and oxygen atoms in total. The van der Waals surface area contributed by atoms with E-state index in [1.807, 2.05) is 13.8 Å². The van der Waals surface area contributed by atoms with Crippen LogP contribution in [0.5, 0.6) is 5.75 Å². The van der Waals surface area contributed by atoms with Gasteiger partial charge in [0.2, 0.25) is 10.0 Å². The molecule has 0 aromatic heterocycles. The molecule has 0 amide bonds. The van der Waals surface area contributed by atoms with Crippen LogP contribution in [0.4, 0.5) is 0 Å². The molecule has 96 valence electrons. The van der Waals surface area contributed by atoms with E-state index >= 15 is 0 Å². The molecule has 0 fully saturated rings. The van der Waals surface area contributed by atoms with E-state index in [-0.39, 0.29) is 0 Å². The molecule has 0 aliphatic rings. The van der Waals surface area contributed by atoms with Gasteiger partial charge in [-0.1, -0.05) is 13.8 Å². The largest absolute Gasteiger partial charge is 0.496 e. The number of sulfonamides is 1. The van der Waals surface area contributed by atoms with E-state index in [4.69, 9.17) is 4.74 Å². The van der Waals surface area contributed by atoms with E-state index < -0.39 is 10.0 Å². The minimum absolute atomic E-state index is 0.295. The second kappa shape index (κ2) is 6.02. The molecule has 1 rings (SSSR count). The molecule has 0 saturated heterocycles. The summed E-state index contributed by atoms with van der Waals surface area (Å²) >= 11 is 0. The van der Waals surface area contributed by atoms with Gasteiger partial charge in [0.05, 0.1) is 12.0 Å². The molecule has 0 atom stereocenters. The summed E-state index contributed by atoms with van der Waals surface area (Å²) in [6.45, 7) is 4.34. The minimum atomic E-state index is -3.39. The van der Waals surface area contributed by atoms with Gasteiger partial charge in [-0.05, 0) is 36.6 Å². The number of aryl methyl sites for hydroxylation is 1. The maximum atomic E-state index is 11.9. The first-order valence-electron chi connectivity index (χ1n) is 5.71. The highest BCUT2D eigenvalue weighted by Crippen LogP contribution is 2.22. The van der Waals surface area contributed by atoms with Crippen molar-refractivity contribution in [3.05, 3.63) is 23.8 Å². The average molecular weight is 257 g/mol. The third-order valence-electron chi connectivity index (χ3n) is 2.49. The van der Waals surface area contributed by atoms with Crippen molar-refractivity contribution in [1.82, 2.24) is 4.72 Å². The number of benzene rings is 1. The predicted octanol–water partition coefficient (Wildman–Crippen LogP) is 1.95. The summed E-state index contributed by atoms with van der Waals surface area (Å²) in [6.07, 6.45) is 1.51. The van der Waals surface area contributed by atoms with Crippen molar-refractivity contribution in [2.24, 2.45) is 0 Å². The Morgan fingerprint density at radius 3 is 2.53 bits per heavy atom. The lowest BCUT2D eigenvalue weighted by Gasteiger charge is -2.10. The molecule has 0 saturated carbocycles. The van der Waals surface area contributed by atoms with Crippen molar-refractivity contribution < 1.29 is 13.2 Å². The van der Waals surface area contributed by atoms with Crippen LogP contribution in [-0.2, 0) is 16.4 Å². The molecule has 1 aromatic carbocycles. The van der Waals surface area contributed by atoms with E-state index in [9.17, 15) is 8.42 Å². The summed E-state index contributed by atoms with van der Waals surface area (Å²) in [7, 11) is -1.80. The highest BCUT2D eigenvalue weighted by molar-refractivity contribution is 7.89. The maximum absolute atomic E-state index is 11.9. The van der Waals surface area contributed by atoms with E-state index in [2.05, 4.69) is 4.72 Å². The van der Waals surface area contributed by atoms with Crippen LogP contribution in [0.1, 0.15) is 25.8 Å². The number of hydrogen-bond acceptors (Lipinski definition) is 3. The lowest BCUT2D eigenvalue weighted by Crippen LogP contribution is -2.24. The van der Waals surface area contributed by atoms with Crippen LogP contribution in [0.3, 0.4) is 0 Å². The summed E-state index contributed by atoms with van der Waals surface area (Å²) < 4.78 is 31.5. The van der Waals surface area contributed by atoms with Crippen molar-refractivity contribution in [2.75, 3.05) is 13.7 Å². The first-order valence-corrected chi connectivity index (χ1v) is 7.20. The van der Waals surface area contributed by atoms with E-state index in [1.165, 1.54) is 0 Å². The normalized spacial score (nSPS) is 11.5. The lowest BCUT2D eigenvalue weighted by atomic mass is 10.1. The monoisotopic (exact) mass is 257 g/mol. The Kier molecular flexibility index (Phi) is 4.96. The van der Waals surface area contributed by atoms with Crippen LogP contribution < -0.4 is 9.46 Å². The highest BCUT2D eigenvalue weighted by atomic mass is 32.2. The molecular formula is C12H19NO3S. The SMILES string of the molecule is CCCNS(=O)(=O)c1ccc(OC)c(CC)c1. The fraction of sp³-hybridized carbons (Fsp3) is 0.500. The summed E-state index contributed by atoms with van der Waals surface area (Å²) in [5, 5.41) is 0. The van der Waals surface area contributed by atoms with Gasteiger partial charge >= 0.3 is 0 Å². The molecule has 1 aromatic rings. The number of nitrogens with one attached hydrogen (secondary N) is 1. The summed E-state index contributed by atoms with van der Waals surface area (Å²) in [6, 6.07) is 4.92. The van der Waals surface area contributed by atoms with Gasteiger partial charge in [-0.2, -0.15) is 0 Å². The van der Waals surface area contributed by atoms with Gasteiger partial charge < -0.3 is 4.74 Å². The van der Waals surface area contributed by atoms with Crippen LogP contribution in [0.2, 0.25) is 0 Å². The molecule has 0 aliphatic carbocycles. The Bertz CT molecular complexity index is 469. The Hall–Kier alpha value is -1.07. The topological polar surface area (TPSA) is 55.4 Å². The molecule has 0 bridgehead atoms. The summed E-state index contributed by atoms with van der Waals surface area (Å²) in [5.74, 6) is 0.724. The van der Waals surface area contributed by atoms with E-state index in [1.54, 1.807) is 25.3 Å². The molecule has 0 heterocycles. The molecule has 17 heavy (non-hydrogen) atoms. The molecule has 0 spiro atoms. The second-order valence-corrected chi connectivity index (χ2v) is 5.49. The van der Waals surface area contributed by atoms with Crippen molar-refractivity contribution in [3.63, 3.8) is 0 Å². The second-order valence-electron chi connectivity index (χ2n) is 3.72. The smallest absolute Gasteiger partial charge is 0.240 e. The van der Waals surface area contributed by atoms with Crippen molar-refractivity contribution >= 4 is 10.0 Å². The van der Waals surface area contributed by atoms with Gasteiger partial charge in [0, 0.05) is 6.54 Å². The molecular weight excluding hydrogens is 238 g/mol. The fourth-order valence-electron chi connectivity index (χ4n) is 1.52. The van der Waals surface area contributed by atoms with Gasteiger partial charge in [0.1, 0.15) is 5.75 Å². The Morgan fingerprint density at radius 1 is 1.29 bits per heavy atom. The average Bonchev–Trinajstić information content (AvgIpc) is 2.35. The molecule has 5 heteroatoms. The Balaban J connectivity index is 3.07. The Morgan fingerprint density at radius 2 is 2.00 bits per heavy atom. The van der Waals surface area contributed by atoms with Crippen LogP contribution in [0.25, 0.3) is 0 Å². The lowest BCUT2D eigenvalue weighted by molar-refractivity contribution is 0.409. The van der Waals surface area contributed by atoms with Gasteiger partial charge in [-0.15, -0.1) is 0 Å². The summed E-state index contributed by atoms with van der Waals surface area (Å²) in [5.41, 5.74) is 0.895. The zero-order chi connectivity index (χ0) is 12.9. The van der Waals surface area contributed by atoms with Gasteiger partial charge in [-0.3, -0.25) is 0 Å². The Labute approximate surface area is 103 Å². The van der Waals surface area contributed by atoms with Crippen LogP contribution in [-0.4, -0.2) is 22.1 Å². The third kappa shape index (κ3) is 3.44. The van der Waals surface area contributed by atoms with Crippen molar-refractivity contribution in [1.29, 1.82) is 0 Å². The minimum Gasteiger partial charge on any atom is -0.496 e. The van der Waals surface area contributed by atoms with Crippen LogP contribution in [0.15, 0.2) is 23.1 Å². The maximum Gasteiger partial charge on any atom is 0.240 e. The molecule has 1 N–H and O–H groups in total. The molecule has 0 radical (unpaired) electrons.